The third-order valence-electron chi connectivity index (χ3n) is 8.46. The van der Waals surface area contributed by atoms with E-state index in [1.807, 2.05) is 36.4 Å². The first-order chi connectivity index (χ1) is 21.6. The molecule has 9 heteroatoms. The molecule has 0 aromatic heterocycles. The van der Waals surface area contributed by atoms with Crippen molar-refractivity contribution in [3.8, 4) is 17.2 Å². The summed E-state index contributed by atoms with van der Waals surface area (Å²) in [5.41, 5.74) is 2.92. The fourth-order valence-corrected chi connectivity index (χ4v) is 7.80. The van der Waals surface area contributed by atoms with Gasteiger partial charge in [-0.25, -0.2) is 0 Å². The zero-order valence-electron chi connectivity index (χ0n) is 25.0. The molecule has 7 rings (SSSR count). The molecule has 3 unspecified atom stereocenters. The lowest BCUT2D eigenvalue weighted by Crippen LogP contribution is -2.34. The van der Waals surface area contributed by atoms with E-state index in [1.165, 1.54) is 0 Å². The molecule has 3 aromatic rings. The number of para-hydroxylation sites is 3. The van der Waals surface area contributed by atoms with Crippen molar-refractivity contribution in [1.29, 1.82) is 0 Å². The minimum Gasteiger partial charge on any atom is -0.476 e. The number of benzene rings is 3. The van der Waals surface area contributed by atoms with E-state index in [0.29, 0.717) is 13.2 Å². The molecule has 0 saturated carbocycles. The molecule has 1 aliphatic carbocycles. The summed E-state index contributed by atoms with van der Waals surface area (Å²) in [7, 11) is 0.103. The van der Waals surface area contributed by atoms with Gasteiger partial charge in [0.05, 0.1) is 48.5 Å². The zero-order chi connectivity index (χ0) is 29.9. The summed E-state index contributed by atoms with van der Waals surface area (Å²) in [5.74, 6) is 3.41. The standard InChI is InChI=1S/C35H38O7P2/c1-35(2)25-13-7-17-29(43-41-27-15-5-3-11-23(27)33-36-19-9-20-37-33)31(25)40-32-26(35)14-8-18-30(32)44-42-28-16-6-4-12-24(28)34-38-21-10-22-39-34/h3-8,11,13-18,24,33-34,43-44H,9-10,12,19-22H2,1-2H3. The lowest BCUT2D eigenvalue weighted by atomic mass is 9.76. The highest BCUT2D eigenvalue weighted by Gasteiger charge is 2.37. The number of ether oxygens (including phenoxy) is 5. The van der Waals surface area contributed by atoms with Gasteiger partial charge in [0.25, 0.3) is 0 Å². The van der Waals surface area contributed by atoms with Gasteiger partial charge in [0.2, 0.25) is 0 Å². The van der Waals surface area contributed by atoms with E-state index in [9.17, 15) is 0 Å². The van der Waals surface area contributed by atoms with Crippen LogP contribution < -0.4 is 19.9 Å². The molecule has 3 heterocycles. The highest BCUT2D eigenvalue weighted by Crippen LogP contribution is 2.49. The van der Waals surface area contributed by atoms with Crippen LogP contribution in [-0.2, 0) is 28.9 Å². The summed E-state index contributed by atoms with van der Waals surface area (Å²) in [4.78, 5) is 0. The Kier molecular flexibility index (Phi) is 9.05. The van der Waals surface area contributed by atoms with E-state index in [2.05, 4.69) is 56.3 Å². The van der Waals surface area contributed by atoms with E-state index in [0.717, 1.165) is 82.8 Å². The Morgan fingerprint density at radius 2 is 1.36 bits per heavy atom. The maximum Gasteiger partial charge on any atom is 0.187 e. The second kappa shape index (κ2) is 13.3. The summed E-state index contributed by atoms with van der Waals surface area (Å²) >= 11 is 0. The molecular formula is C35H38O7P2. The molecule has 2 saturated heterocycles. The van der Waals surface area contributed by atoms with E-state index < -0.39 is 6.29 Å². The van der Waals surface area contributed by atoms with Gasteiger partial charge in [-0.1, -0.05) is 68.5 Å². The van der Waals surface area contributed by atoms with Crippen molar-refractivity contribution in [3.05, 3.63) is 101 Å². The molecule has 44 heavy (non-hydrogen) atoms. The van der Waals surface area contributed by atoms with Gasteiger partial charge in [-0.2, -0.15) is 0 Å². The van der Waals surface area contributed by atoms with Crippen LogP contribution in [0, 0.1) is 5.92 Å². The van der Waals surface area contributed by atoms with Gasteiger partial charge in [-0.15, -0.1) is 0 Å². The van der Waals surface area contributed by atoms with E-state index in [4.69, 9.17) is 32.7 Å². The van der Waals surface area contributed by atoms with Crippen LogP contribution in [0.2, 0.25) is 0 Å². The third-order valence-corrected chi connectivity index (χ3v) is 10.4. The summed E-state index contributed by atoms with van der Waals surface area (Å²) in [6.45, 7) is 7.30. The predicted molar refractivity (Wildman–Crippen MR) is 174 cm³/mol. The van der Waals surface area contributed by atoms with Crippen LogP contribution >= 0.6 is 17.6 Å². The highest BCUT2D eigenvalue weighted by molar-refractivity contribution is 7.43. The first-order valence-corrected chi connectivity index (χ1v) is 17.1. The van der Waals surface area contributed by atoms with Gasteiger partial charge < -0.3 is 32.7 Å². The molecule has 0 radical (unpaired) electrons. The number of hydrogen-bond donors (Lipinski definition) is 0. The van der Waals surface area contributed by atoms with Crippen molar-refractivity contribution in [3.63, 3.8) is 0 Å². The average Bonchev–Trinajstić information content (AvgIpc) is 3.08. The summed E-state index contributed by atoms with van der Waals surface area (Å²) < 4.78 is 43.4. The van der Waals surface area contributed by atoms with Gasteiger partial charge >= 0.3 is 0 Å². The smallest absolute Gasteiger partial charge is 0.187 e. The lowest BCUT2D eigenvalue weighted by molar-refractivity contribution is -0.201. The Bertz CT molecular complexity index is 1540. The van der Waals surface area contributed by atoms with Crippen LogP contribution in [0.25, 0.3) is 0 Å². The van der Waals surface area contributed by atoms with Crippen molar-refractivity contribution in [1.82, 2.24) is 0 Å². The maximum atomic E-state index is 6.82. The van der Waals surface area contributed by atoms with E-state index in [1.54, 1.807) is 0 Å². The number of fused-ring (bicyclic) bond motifs is 2. The number of allylic oxidation sites excluding steroid dienone is 3. The van der Waals surface area contributed by atoms with Crippen LogP contribution in [0.3, 0.4) is 0 Å². The second-order valence-electron chi connectivity index (χ2n) is 11.8. The van der Waals surface area contributed by atoms with E-state index in [-0.39, 0.29) is 35.2 Å². The number of rotatable bonds is 8. The Morgan fingerprint density at radius 3 is 2.07 bits per heavy atom. The minimum absolute atomic E-state index is 0.0350. The number of hydrogen-bond acceptors (Lipinski definition) is 7. The normalized spacial score (nSPS) is 22.0. The van der Waals surface area contributed by atoms with Crippen molar-refractivity contribution in [2.45, 2.75) is 51.1 Å². The largest absolute Gasteiger partial charge is 0.476 e. The molecule has 3 aliphatic heterocycles. The summed E-state index contributed by atoms with van der Waals surface area (Å²) in [6.07, 6.45) is 8.20. The molecular weight excluding hydrogens is 594 g/mol. The van der Waals surface area contributed by atoms with Crippen molar-refractivity contribution < 1.29 is 32.7 Å². The monoisotopic (exact) mass is 632 g/mol. The Morgan fingerprint density at radius 1 is 0.727 bits per heavy atom. The molecule has 0 spiro atoms. The quantitative estimate of drug-likeness (QED) is 0.242. The summed E-state index contributed by atoms with van der Waals surface area (Å²) in [5, 5.41) is 2.03. The summed E-state index contributed by atoms with van der Waals surface area (Å²) in [6, 6.07) is 20.6. The Hall–Kier alpha value is -2.76. The van der Waals surface area contributed by atoms with Gasteiger partial charge in [0.1, 0.15) is 40.6 Å². The van der Waals surface area contributed by atoms with Gasteiger partial charge in [-0.05, 0) is 43.5 Å². The molecule has 0 bridgehead atoms. The average molecular weight is 633 g/mol. The SMILES string of the molecule is CC1(C)c2cccc(POC3=CC=CCC3C3OCCCO3)c2Oc2c(POc3ccccc3C3OCCCO3)cccc21. The molecule has 3 atom stereocenters. The van der Waals surface area contributed by atoms with Crippen LogP contribution in [0.5, 0.6) is 17.2 Å². The molecule has 0 amide bonds. The molecule has 3 aromatic carbocycles. The van der Waals surface area contributed by atoms with Crippen molar-refractivity contribution >= 4 is 28.2 Å². The third kappa shape index (κ3) is 6.07. The fourth-order valence-electron chi connectivity index (χ4n) is 6.07. The molecule has 4 aliphatic rings. The Labute approximate surface area is 262 Å². The maximum absolute atomic E-state index is 6.82. The zero-order valence-corrected chi connectivity index (χ0v) is 27.0. The van der Waals surface area contributed by atoms with Crippen LogP contribution in [0.4, 0.5) is 0 Å². The topological polar surface area (TPSA) is 64.6 Å². The predicted octanol–water partition coefficient (Wildman–Crippen LogP) is 7.31. The molecule has 0 N–H and O–H groups in total. The Balaban J connectivity index is 1.13. The van der Waals surface area contributed by atoms with Crippen LogP contribution in [0.15, 0.2) is 84.7 Å². The molecule has 7 nitrogen and oxygen atoms in total. The van der Waals surface area contributed by atoms with Gasteiger partial charge in [0.15, 0.2) is 12.6 Å². The van der Waals surface area contributed by atoms with Gasteiger partial charge in [-0.3, -0.25) is 0 Å². The van der Waals surface area contributed by atoms with Crippen LogP contribution in [0.1, 0.15) is 56.1 Å². The molecule has 230 valence electrons. The minimum atomic E-state index is -0.411. The molecule has 2 fully saturated rings. The second-order valence-corrected chi connectivity index (χ2v) is 13.7. The lowest BCUT2D eigenvalue weighted by Gasteiger charge is -2.36. The van der Waals surface area contributed by atoms with E-state index >= 15 is 0 Å². The van der Waals surface area contributed by atoms with Gasteiger partial charge in [0, 0.05) is 16.5 Å². The first-order valence-electron chi connectivity index (χ1n) is 15.3. The fraction of sp³-hybridized carbons (Fsp3) is 0.371. The highest BCUT2D eigenvalue weighted by atomic mass is 31.1. The van der Waals surface area contributed by atoms with Crippen molar-refractivity contribution in [2.75, 3.05) is 26.4 Å². The first kappa shape index (κ1) is 29.9. The van der Waals surface area contributed by atoms with Crippen molar-refractivity contribution in [2.24, 2.45) is 5.92 Å². The van der Waals surface area contributed by atoms with Crippen LogP contribution in [-0.4, -0.2) is 32.7 Å².